The lowest BCUT2D eigenvalue weighted by Gasteiger charge is -2.09. The number of benzene rings is 1. The highest BCUT2D eigenvalue weighted by Gasteiger charge is 2.08. The molecular weight excluding hydrogens is 284 g/mol. The molecule has 0 aliphatic heterocycles. The number of hydrogen-bond acceptors (Lipinski definition) is 6. The van der Waals surface area contributed by atoms with Crippen LogP contribution in [0.2, 0.25) is 0 Å². The highest BCUT2D eigenvalue weighted by molar-refractivity contribution is 7.17. The third kappa shape index (κ3) is 2.08. The van der Waals surface area contributed by atoms with Crippen LogP contribution in [0, 0.1) is 0 Å². The molecule has 4 N–H and O–H groups in total. The number of hydrogen-bond donors (Lipinski definition) is 3. The summed E-state index contributed by atoms with van der Waals surface area (Å²) in [4.78, 5) is 8.74. The highest BCUT2D eigenvalue weighted by Crippen LogP contribution is 2.27. The molecular formula is C14H12N6S. The van der Waals surface area contributed by atoms with Gasteiger partial charge in [-0.25, -0.2) is 15.8 Å². The molecule has 0 spiro atoms. The van der Waals surface area contributed by atoms with Crippen molar-refractivity contribution < 1.29 is 0 Å². The molecule has 0 amide bonds. The first-order valence-electron chi connectivity index (χ1n) is 6.38. The number of thiophene rings is 1. The summed E-state index contributed by atoms with van der Waals surface area (Å²) in [6.45, 7) is 0. The van der Waals surface area contributed by atoms with Crippen molar-refractivity contribution in [1.82, 2.24) is 14.4 Å². The number of hydrazine groups is 1. The van der Waals surface area contributed by atoms with Gasteiger partial charge < -0.3 is 15.1 Å². The van der Waals surface area contributed by atoms with E-state index in [-0.39, 0.29) is 0 Å². The molecule has 4 aromatic rings. The highest BCUT2D eigenvalue weighted by atomic mass is 32.1. The Bertz CT molecular complexity index is 925. The molecule has 0 fully saturated rings. The molecule has 6 nitrogen and oxygen atoms in total. The minimum atomic E-state index is 0.569. The van der Waals surface area contributed by atoms with Gasteiger partial charge in [0.15, 0.2) is 17.3 Å². The van der Waals surface area contributed by atoms with E-state index in [9.17, 15) is 0 Å². The average Bonchev–Trinajstić information content (AvgIpc) is 3.14. The van der Waals surface area contributed by atoms with Crippen LogP contribution in [-0.4, -0.2) is 14.4 Å². The topological polar surface area (TPSA) is 80.3 Å². The monoisotopic (exact) mass is 296 g/mol. The summed E-state index contributed by atoms with van der Waals surface area (Å²) in [5.41, 5.74) is 4.28. The Kier molecular flexibility index (Phi) is 2.73. The Balaban J connectivity index is 1.80. The third-order valence-electron chi connectivity index (χ3n) is 3.24. The van der Waals surface area contributed by atoms with Gasteiger partial charge in [0.2, 0.25) is 0 Å². The normalized spacial score (nSPS) is 11.1. The molecule has 0 saturated heterocycles. The fraction of sp³-hybridized carbons (Fsp3) is 0. The number of nitrogens with zero attached hydrogens (tertiary/aromatic N) is 3. The van der Waals surface area contributed by atoms with Crippen molar-refractivity contribution in [3.63, 3.8) is 0 Å². The molecule has 0 radical (unpaired) electrons. The van der Waals surface area contributed by atoms with Crippen LogP contribution in [0.15, 0.2) is 48.2 Å². The van der Waals surface area contributed by atoms with Crippen molar-refractivity contribution in [3.05, 3.63) is 48.2 Å². The van der Waals surface area contributed by atoms with Gasteiger partial charge in [0, 0.05) is 22.8 Å². The minimum absolute atomic E-state index is 0.569. The fourth-order valence-electron chi connectivity index (χ4n) is 2.27. The number of rotatable bonds is 3. The molecule has 0 unspecified atom stereocenters. The van der Waals surface area contributed by atoms with Crippen molar-refractivity contribution in [1.29, 1.82) is 0 Å². The molecule has 4 rings (SSSR count). The summed E-state index contributed by atoms with van der Waals surface area (Å²) in [5, 5.41) is 6.59. The van der Waals surface area contributed by atoms with Crippen LogP contribution in [0.4, 0.5) is 17.3 Å². The fourth-order valence-corrected chi connectivity index (χ4v) is 3.04. The van der Waals surface area contributed by atoms with Crippen LogP contribution in [0.3, 0.4) is 0 Å². The van der Waals surface area contributed by atoms with Crippen LogP contribution in [-0.2, 0) is 0 Å². The first-order valence-corrected chi connectivity index (χ1v) is 7.26. The predicted molar refractivity (Wildman–Crippen MR) is 85.9 cm³/mol. The minimum Gasteiger partial charge on any atom is -0.337 e. The number of anilines is 3. The first-order chi connectivity index (χ1) is 10.3. The van der Waals surface area contributed by atoms with Gasteiger partial charge in [0.1, 0.15) is 0 Å². The number of fused-ring (bicyclic) bond motifs is 2. The van der Waals surface area contributed by atoms with E-state index in [1.54, 1.807) is 23.7 Å². The van der Waals surface area contributed by atoms with E-state index in [4.69, 9.17) is 5.84 Å². The van der Waals surface area contributed by atoms with Gasteiger partial charge in [-0.2, -0.15) is 0 Å². The number of aromatic nitrogens is 3. The van der Waals surface area contributed by atoms with Gasteiger partial charge in [-0.05, 0) is 35.0 Å². The largest absolute Gasteiger partial charge is 0.337 e. The number of nitrogens with one attached hydrogen (secondary N) is 2. The van der Waals surface area contributed by atoms with Crippen molar-refractivity contribution in [2.24, 2.45) is 5.84 Å². The van der Waals surface area contributed by atoms with Crippen molar-refractivity contribution >= 4 is 44.4 Å². The lowest BCUT2D eigenvalue weighted by atomic mass is 10.2. The molecule has 7 heteroatoms. The van der Waals surface area contributed by atoms with Gasteiger partial charge in [0.05, 0.1) is 6.20 Å². The van der Waals surface area contributed by atoms with Gasteiger partial charge in [-0.15, -0.1) is 11.3 Å². The zero-order valence-corrected chi connectivity index (χ0v) is 11.8. The second kappa shape index (κ2) is 4.72. The molecule has 1 aromatic carbocycles. The summed E-state index contributed by atoms with van der Waals surface area (Å²) < 4.78 is 3.13. The Morgan fingerprint density at radius 2 is 2.19 bits per heavy atom. The number of nitrogens with two attached hydrogens (primary N) is 1. The third-order valence-corrected chi connectivity index (χ3v) is 4.13. The summed E-state index contributed by atoms with van der Waals surface area (Å²) in [6.07, 6.45) is 5.37. The van der Waals surface area contributed by atoms with Gasteiger partial charge in [-0.3, -0.25) is 0 Å². The Morgan fingerprint density at radius 3 is 3.10 bits per heavy atom. The molecule has 3 aromatic heterocycles. The Morgan fingerprint density at radius 1 is 1.24 bits per heavy atom. The van der Waals surface area contributed by atoms with Crippen LogP contribution in [0.5, 0.6) is 0 Å². The van der Waals surface area contributed by atoms with E-state index < -0.39 is 0 Å². The average molecular weight is 296 g/mol. The smallest absolute Gasteiger partial charge is 0.180 e. The summed E-state index contributed by atoms with van der Waals surface area (Å²) >= 11 is 1.73. The zero-order chi connectivity index (χ0) is 14.2. The SMILES string of the molecule is NNc1cn2ccnc2c(Nc2ccc3sccc3c2)n1. The Labute approximate surface area is 124 Å². The molecule has 3 heterocycles. The van der Waals surface area contributed by atoms with E-state index >= 15 is 0 Å². The number of imidazole rings is 1. The standard InChI is InChI=1S/C14H12N6S/c15-19-12-8-20-5-4-16-14(20)13(18-12)17-10-1-2-11-9(7-10)3-6-21-11/h1-8,19H,15H2,(H,17,18). The van der Waals surface area contributed by atoms with Crippen LogP contribution in [0.25, 0.3) is 15.7 Å². The van der Waals surface area contributed by atoms with Gasteiger partial charge in [0.25, 0.3) is 0 Å². The molecule has 0 bridgehead atoms. The van der Waals surface area contributed by atoms with Crippen molar-refractivity contribution in [3.8, 4) is 0 Å². The maximum atomic E-state index is 5.46. The van der Waals surface area contributed by atoms with E-state index in [0.29, 0.717) is 11.6 Å². The zero-order valence-electron chi connectivity index (χ0n) is 10.9. The molecule has 0 aliphatic carbocycles. The first kappa shape index (κ1) is 12.1. The van der Waals surface area contributed by atoms with Gasteiger partial charge >= 0.3 is 0 Å². The quantitative estimate of drug-likeness (QED) is 0.400. The van der Waals surface area contributed by atoms with Crippen molar-refractivity contribution in [2.75, 3.05) is 10.7 Å². The maximum Gasteiger partial charge on any atom is 0.180 e. The number of nitrogen functional groups attached to an aromatic ring is 1. The summed E-state index contributed by atoms with van der Waals surface area (Å²) in [7, 11) is 0. The maximum absolute atomic E-state index is 5.46. The second-order valence-electron chi connectivity index (χ2n) is 4.58. The van der Waals surface area contributed by atoms with E-state index in [2.05, 4.69) is 44.3 Å². The molecule has 0 saturated carbocycles. The molecule has 0 aliphatic rings. The van der Waals surface area contributed by atoms with E-state index in [1.807, 2.05) is 16.7 Å². The summed E-state index contributed by atoms with van der Waals surface area (Å²) in [6, 6.07) is 8.32. The predicted octanol–water partition coefficient (Wildman–Crippen LogP) is 2.97. The van der Waals surface area contributed by atoms with Gasteiger partial charge in [-0.1, -0.05) is 0 Å². The van der Waals surface area contributed by atoms with Crippen LogP contribution in [0.1, 0.15) is 0 Å². The second-order valence-corrected chi connectivity index (χ2v) is 5.52. The lowest BCUT2D eigenvalue weighted by molar-refractivity contribution is 1.11. The molecule has 21 heavy (non-hydrogen) atoms. The van der Waals surface area contributed by atoms with E-state index in [0.717, 1.165) is 11.3 Å². The van der Waals surface area contributed by atoms with E-state index in [1.165, 1.54) is 10.1 Å². The van der Waals surface area contributed by atoms with Crippen molar-refractivity contribution in [2.45, 2.75) is 0 Å². The lowest BCUT2D eigenvalue weighted by Crippen LogP contribution is -2.11. The van der Waals surface area contributed by atoms with Crippen LogP contribution >= 0.6 is 11.3 Å². The molecule has 0 atom stereocenters. The summed E-state index contributed by atoms with van der Waals surface area (Å²) in [5.74, 6) is 6.69. The Hall–Kier alpha value is -2.64. The van der Waals surface area contributed by atoms with Crippen LogP contribution < -0.4 is 16.6 Å². The molecule has 104 valence electrons.